The second-order valence-corrected chi connectivity index (χ2v) is 0. The van der Waals surface area contributed by atoms with Crippen LogP contribution in [-0.4, -0.2) is 12.2 Å². The summed E-state index contributed by atoms with van der Waals surface area (Å²) in [5.74, 6) is 0. The van der Waals surface area contributed by atoms with E-state index in [4.69, 9.17) is 5.11 Å². The van der Waals surface area contributed by atoms with Crippen molar-refractivity contribution in [3.8, 4) is 0 Å². The Morgan fingerprint density at radius 1 is 0.667 bits per heavy atom. The SMILES string of the molecule is C.C.C.CO.[CH3-].[CH3-].[CH3-].[Ti+3]. The summed E-state index contributed by atoms with van der Waals surface area (Å²) in [4.78, 5) is 0. The third-order valence-corrected chi connectivity index (χ3v) is 0. The van der Waals surface area contributed by atoms with Crippen LogP contribution in [0.4, 0.5) is 0 Å². The molecule has 0 spiro atoms. The zero-order chi connectivity index (χ0) is 2.00. The molecule has 1 nitrogen and oxygen atoms in total. The predicted molar refractivity (Wildman–Crippen MR) is 47.6 cm³/mol. The van der Waals surface area contributed by atoms with Crippen molar-refractivity contribution in [1.82, 2.24) is 0 Å². The van der Waals surface area contributed by atoms with Gasteiger partial charge < -0.3 is 27.4 Å². The molecule has 0 aromatic rings. The molecule has 0 fully saturated rings. The maximum absolute atomic E-state index is 7.00. The van der Waals surface area contributed by atoms with Crippen LogP contribution in [0.15, 0.2) is 0 Å². The van der Waals surface area contributed by atoms with E-state index in [1.165, 1.54) is 0 Å². The summed E-state index contributed by atoms with van der Waals surface area (Å²) in [5, 5.41) is 7.00. The van der Waals surface area contributed by atoms with E-state index in [9.17, 15) is 0 Å². The normalized spacial score (nSPS) is 0.667. The monoisotopic (exact) mass is 173 g/mol. The smallest absolute Gasteiger partial charge is 0.400 e. The van der Waals surface area contributed by atoms with Crippen LogP contribution >= 0.6 is 0 Å². The first kappa shape index (κ1) is 260. The Kier molecular flexibility index (Phi) is 32400. The van der Waals surface area contributed by atoms with Gasteiger partial charge in [0, 0.05) is 7.11 Å². The van der Waals surface area contributed by atoms with Crippen molar-refractivity contribution in [2.75, 3.05) is 7.11 Å². The molecule has 0 bridgehead atoms. The molecule has 1 N–H and O–H groups in total. The van der Waals surface area contributed by atoms with Crippen molar-refractivity contribution in [3.63, 3.8) is 0 Å². The molecule has 0 saturated carbocycles. The first-order chi connectivity index (χ1) is 1.00. The molecule has 0 saturated heterocycles. The van der Waals surface area contributed by atoms with Crippen LogP contribution in [-0.2, 0) is 21.7 Å². The Morgan fingerprint density at radius 2 is 0.667 bits per heavy atom. The van der Waals surface area contributed by atoms with E-state index < -0.39 is 0 Å². The molecule has 0 heterocycles. The van der Waals surface area contributed by atoms with Crippen LogP contribution in [0.1, 0.15) is 22.3 Å². The van der Waals surface area contributed by atoms with Gasteiger partial charge in [-0.2, -0.15) is 0 Å². The van der Waals surface area contributed by atoms with Gasteiger partial charge in [-0.05, 0) is 0 Å². The second-order valence-electron chi connectivity index (χ2n) is 0. The van der Waals surface area contributed by atoms with E-state index in [1.807, 2.05) is 0 Å². The van der Waals surface area contributed by atoms with Gasteiger partial charge in [0.05, 0.1) is 0 Å². The Hall–Kier alpha value is 0.674. The van der Waals surface area contributed by atoms with Gasteiger partial charge >= 0.3 is 21.7 Å². The average molecular weight is 173 g/mol. The molecular weight excluding hydrogens is 148 g/mol. The van der Waals surface area contributed by atoms with Crippen molar-refractivity contribution < 1.29 is 26.8 Å². The molecule has 9 heavy (non-hydrogen) atoms. The molecule has 0 aliphatic heterocycles. The summed E-state index contributed by atoms with van der Waals surface area (Å²) in [5.41, 5.74) is 0. The molecule has 63 valence electrons. The zero-order valence-electron chi connectivity index (χ0n) is 4.95. The third kappa shape index (κ3) is 850. The summed E-state index contributed by atoms with van der Waals surface area (Å²) >= 11 is 0. The number of rotatable bonds is 0. The van der Waals surface area contributed by atoms with E-state index in [1.54, 1.807) is 0 Å². The molecule has 2 heteroatoms. The van der Waals surface area contributed by atoms with Gasteiger partial charge in [0.2, 0.25) is 0 Å². The topological polar surface area (TPSA) is 20.2 Å². The minimum Gasteiger partial charge on any atom is -0.400 e. The van der Waals surface area contributed by atoms with Gasteiger partial charge in [0.15, 0.2) is 0 Å². The quantitative estimate of drug-likeness (QED) is 0.441. The van der Waals surface area contributed by atoms with Gasteiger partial charge in [0.25, 0.3) is 0 Å². The number of aliphatic hydroxyl groups is 1. The van der Waals surface area contributed by atoms with Crippen LogP contribution in [0.2, 0.25) is 0 Å². The van der Waals surface area contributed by atoms with Gasteiger partial charge in [-0.3, -0.25) is 0 Å². The second kappa shape index (κ2) is 1120. The van der Waals surface area contributed by atoms with Crippen LogP contribution in [0.5, 0.6) is 0 Å². The fraction of sp³-hybridized carbons (Fsp3) is 0.571. The summed E-state index contributed by atoms with van der Waals surface area (Å²) in [6.45, 7) is 0. The Labute approximate surface area is 78.8 Å². The van der Waals surface area contributed by atoms with E-state index in [-0.39, 0.29) is 66.3 Å². The Bertz CT molecular complexity index is 8.88. The molecule has 0 amide bonds. The fourth-order valence-corrected chi connectivity index (χ4v) is 0. The first-order valence-electron chi connectivity index (χ1n) is 0.447. The molecule has 0 aromatic carbocycles. The summed E-state index contributed by atoms with van der Waals surface area (Å²) in [7, 11) is 1.00. The molecular formula is C7H25OTi. The van der Waals surface area contributed by atoms with Crippen LogP contribution < -0.4 is 0 Å². The zero-order valence-corrected chi connectivity index (χ0v) is 6.51. The fourth-order valence-electron chi connectivity index (χ4n) is 0. The summed E-state index contributed by atoms with van der Waals surface area (Å²) in [6.07, 6.45) is 0. The van der Waals surface area contributed by atoms with E-state index in [2.05, 4.69) is 0 Å². The van der Waals surface area contributed by atoms with E-state index in [0.29, 0.717) is 0 Å². The summed E-state index contributed by atoms with van der Waals surface area (Å²) < 4.78 is 0. The maximum atomic E-state index is 7.00. The van der Waals surface area contributed by atoms with Crippen molar-refractivity contribution in [2.45, 2.75) is 22.3 Å². The third-order valence-electron chi connectivity index (χ3n) is 0. The molecule has 0 aromatic heterocycles. The minimum atomic E-state index is 0. The van der Waals surface area contributed by atoms with E-state index >= 15 is 0 Å². The molecule has 0 rings (SSSR count). The average Bonchev–Trinajstić information content (AvgIpc) is 1.00. The number of aliphatic hydroxyl groups excluding tert-OH is 1. The van der Waals surface area contributed by atoms with Crippen LogP contribution in [0.25, 0.3) is 0 Å². The molecule has 1 radical (unpaired) electrons. The largest absolute Gasteiger partial charge is 3.00 e. The summed E-state index contributed by atoms with van der Waals surface area (Å²) in [6, 6.07) is 0. The molecule has 0 atom stereocenters. The van der Waals surface area contributed by atoms with Gasteiger partial charge in [-0.25, -0.2) is 0 Å². The molecule has 0 aliphatic carbocycles. The number of hydrogen-bond acceptors (Lipinski definition) is 1. The van der Waals surface area contributed by atoms with Crippen molar-refractivity contribution in [2.24, 2.45) is 0 Å². The van der Waals surface area contributed by atoms with Crippen LogP contribution in [0.3, 0.4) is 0 Å². The van der Waals surface area contributed by atoms with Crippen LogP contribution in [0, 0.1) is 22.3 Å². The van der Waals surface area contributed by atoms with Crippen molar-refractivity contribution in [1.29, 1.82) is 0 Å². The standard InChI is InChI=1S/CH4O.3CH4.3CH3.Ti/c1-2;;;;;;;/h2H,1H3;3*1H4;3*1H3;/q;;;;3*-1;+3. The maximum Gasteiger partial charge on any atom is 3.00 e. The van der Waals surface area contributed by atoms with E-state index in [0.717, 1.165) is 7.11 Å². The molecule has 0 unspecified atom stereocenters. The predicted octanol–water partition coefficient (Wildman–Crippen LogP) is 2.87. The van der Waals surface area contributed by atoms with Gasteiger partial charge in [0.1, 0.15) is 0 Å². The first-order valence-corrected chi connectivity index (χ1v) is 0.447. The minimum absolute atomic E-state index is 0. The Morgan fingerprint density at radius 3 is 0.667 bits per heavy atom. The van der Waals surface area contributed by atoms with Crippen molar-refractivity contribution >= 4 is 0 Å². The van der Waals surface area contributed by atoms with Gasteiger partial charge in [-0.1, -0.05) is 22.3 Å². The van der Waals surface area contributed by atoms with Crippen molar-refractivity contribution in [3.05, 3.63) is 22.3 Å². The number of hydrogen-bond donors (Lipinski definition) is 1. The molecule has 0 aliphatic rings. The Balaban J connectivity index is -0.000000000238. The van der Waals surface area contributed by atoms with Gasteiger partial charge in [-0.15, -0.1) is 0 Å².